The number of aryl methyl sites for hydroxylation is 2. The lowest BCUT2D eigenvalue weighted by molar-refractivity contribution is -0.111. The average molecular weight is 1020 g/mol. The van der Waals surface area contributed by atoms with E-state index < -0.39 is 27.1 Å². The van der Waals surface area contributed by atoms with Crippen LogP contribution in [0.15, 0.2) is 112 Å². The third-order valence-electron chi connectivity index (χ3n) is 14.4. The van der Waals surface area contributed by atoms with Crippen molar-refractivity contribution in [3.63, 3.8) is 0 Å². The minimum atomic E-state index is -3.88. The summed E-state index contributed by atoms with van der Waals surface area (Å²) in [6.45, 7) is 16.8. The molecular formula is C60H86N4O6S2. The Labute approximate surface area is 436 Å². The molecule has 2 aliphatic rings. The van der Waals surface area contributed by atoms with Crippen molar-refractivity contribution >= 4 is 61.1 Å². The van der Waals surface area contributed by atoms with Crippen molar-refractivity contribution in [3.8, 4) is 0 Å². The molecule has 0 radical (unpaired) electrons. The molecule has 0 fully saturated rings. The number of nitrogens with zero attached hydrogens (tertiary/aromatic N) is 3. The van der Waals surface area contributed by atoms with E-state index in [2.05, 4.69) is 116 Å². The number of sulfonamides is 1. The quantitative estimate of drug-likeness (QED) is 0.0311. The number of Topliss-reactive ketones (excluding diaryl/α,β-unsaturated/α-hetero) is 1. The Morgan fingerprint density at radius 1 is 0.625 bits per heavy atom. The summed E-state index contributed by atoms with van der Waals surface area (Å²) >= 11 is -2.63. The van der Waals surface area contributed by atoms with Gasteiger partial charge in [-0.25, -0.2) is 12.6 Å². The molecule has 0 spiro atoms. The van der Waals surface area contributed by atoms with Crippen LogP contribution in [0.1, 0.15) is 181 Å². The van der Waals surface area contributed by atoms with E-state index in [1.54, 1.807) is 24.3 Å². The van der Waals surface area contributed by atoms with Crippen molar-refractivity contribution < 1.29 is 27.1 Å². The lowest BCUT2D eigenvalue weighted by atomic mass is 9.78. The standard InChI is InChI=1S/C60H86N4O6S2/c1-8-15-20-21-22-23-40-72(69,70)62-56-42-52(64(44-46(14-7)25-17-10-3)50-34-30-48(31-35-50)27-19-12-5)37-39-54(56)58-59(65)57(60(58)66)53-38-36-51(41-55(53)61-71(67)68)63(43-45(13-6)24-16-9-2)49-32-28-47(29-33-49)26-18-11-4/h28-39,41-42,45-46,62,65H,8-27,40,43-44H2,1-7H3,(H,67,68)/b57-53-,61-55+. The topological polar surface area (TPSA) is 140 Å². The first kappa shape index (κ1) is 58.1. The molecule has 3 aromatic carbocycles. The van der Waals surface area contributed by atoms with Gasteiger partial charge in [-0.2, -0.15) is 4.40 Å². The van der Waals surface area contributed by atoms with Crippen molar-refractivity contribution in [2.45, 2.75) is 177 Å². The van der Waals surface area contributed by atoms with Crippen LogP contribution < -0.4 is 14.5 Å². The Bertz CT molecular complexity index is 2510. The Morgan fingerprint density at radius 3 is 1.67 bits per heavy atom. The van der Waals surface area contributed by atoms with Crippen molar-refractivity contribution in [2.24, 2.45) is 16.2 Å². The Hall–Kier alpha value is -4.78. The maximum absolute atomic E-state index is 14.7. The van der Waals surface area contributed by atoms with Crippen LogP contribution in [0, 0.1) is 11.8 Å². The number of unbranched alkanes of at least 4 members (excludes halogenated alkanes) is 9. The first-order valence-corrected chi connectivity index (χ1v) is 30.2. The van der Waals surface area contributed by atoms with Gasteiger partial charge in [0.15, 0.2) is 0 Å². The van der Waals surface area contributed by atoms with E-state index in [4.69, 9.17) is 0 Å². The highest BCUT2D eigenvalue weighted by Gasteiger charge is 2.40. The number of hydrogen-bond donors (Lipinski definition) is 3. The number of allylic oxidation sites excluding steroid dienone is 6. The Kier molecular flexibility index (Phi) is 24.1. The maximum atomic E-state index is 14.7. The highest BCUT2D eigenvalue weighted by Crippen LogP contribution is 2.44. The molecule has 394 valence electrons. The van der Waals surface area contributed by atoms with Crippen molar-refractivity contribution in [1.82, 2.24) is 0 Å². The third-order valence-corrected chi connectivity index (χ3v) is 16.1. The van der Waals surface area contributed by atoms with Crippen LogP contribution in [0.3, 0.4) is 0 Å². The molecule has 0 saturated carbocycles. The number of ketones is 1. The average Bonchev–Trinajstić information content (AvgIpc) is 3.37. The number of aliphatic hydroxyl groups is 1. The number of nitrogens with one attached hydrogen (secondary N) is 1. The Balaban J connectivity index is 1.61. The van der Waals surface area contributed by atoms with E-state index in [0.717, 1.165) is 145 Å². The second kappa shape index (κ2) is 29.8. The van der Waals surface area contributed by atoms with Gasteiger partial charge < -0.3 is 14.9 Å². The third kappa shape index (κ3) is 16.6. The second-order valence-electron chi connectivity index (χ2n) is 20.0. The molecule has 2 aliphatic carbocycles. The molecule has 0 bridgehead atoms. The smallest absolute Gasteiger partial charge is 0.282 e. The maximum Gasteiger partial charge on any atom is 0.282 e. The van der Waals surface area contributed by atoms with Crippen LogP contribution in [0.5, 0.6) is 0 Å². The van der Waals surface area contributed by atoms with Gasteiger partial charge in [-0.1, -0.05) is 156 Å². The molecule has 3 aromatic rings. The molecule has 0 aliphatic heterocycles. The van der Waals surface area contributed by atoms with E-state index in [1.165, 1.54) is 11.1 Å². The van der Waals surface area contributed by atoms with E-state index >= 15 is 0 Å². The minimum Gasteiger partial charge on any atom is -0.506 e. The van der Waals surface area contributed by atoms with Gasteiger partial charge in [0.1, 0.15) is 5.76 Å². The molecule has 12 heteroatoms. The number of aliphatic hydroxyl groups excluding tert-OH is 1. The molecule has 3 N–H and O–H groups in total. The largest absolute Gasteiger partial charge is 0.506 e. The zero-order valence-electron chi connectivity index (χ0n) is 44.7. The predicted octanol–water partition coefficient (Wildman–Crippen LogP) is 15.7. The number of benzene rings is 3. The van der Waals surface area contributed by atoms with Crippen LogP contribution in [0.25, 0.3) is 5.57 Å². The van der Waals surface area contributed by atoms with E-state index in [-0.39, 0.29) is 45.2 Å². The normalized spacial score (nSPS) is 16.7. The molecule has 72 heavy (non-hydrogen) atoms. The van der Waals surface area contributed by atoms with Gasteiger partial charge in [-0.3, -0.25) is 14.1 Å². The van der Waals surface area contributed by atoms with Crippen LogP contribution in [-0.2, 0) is 38.9 Å². The van der Waals surface area contributed by atoms with Gasteiger partial charge in [0.2, 0.25) is 15.8 Å². The van der Waals surface area contributed by atoms with Gasteiger partial charge in [0, 0.05) is 47.0 Å². The molecular weight excluding hydrogens is 937 g/mol. The zero-order chi connectivity index (χ0) is 52.0. The lowest BCUT2D eigenvalue weighted by Crippen LogP contribution is -2.31. The van der Waals surface area contributed by atoms with Gasteiger partial charge in [-0.05, 0) is 129 Å². The minimum absolute atomic E-state index is 0.0262. The summed E-state index contributed by atoms with van der Waals surface area (Å²) in [4.78, 5) is 19.1. The fraction of sp³-hybridized carbons (Fsp3) is 0.533. The molecule has 3 atom stereocenters. The summed E-state index contributed by atoms with van der Waals surface area (Å²) in [6.07, 6.45) is 25.7. The second-order valence-corrected chi connectivity index (χ2v) is 22.4. The predicted molar refractivity (Wildman–Crippen MR) is 305 cm³/mol. The highest BCUT2D eigenvalue weighted by molar-refractivity contribution is 7.92. The summed E-state index contributed by atoms with van der Waals surface area (Å²) in [7, 11) is -3.88. The summed E-state index contributed by atoms with van der Waals surface area (Å²) in [5, 5.41) is 12.1. The summed E-state index contributed by atoms with van der Waals surface area (Å²) in [5.41, 5.74) is 6.72. The van der Waals surface area contributed by atoms with Crippen LogP contribution >= 0.6 is 0 Å². The highest BCUT2D eigenvalue weighted by atomic mass is 32.2. The van der Waals surface area contributed by atoms with Crippen molar-refractivity contribution in [2.75, 3.05) is 33.4 Å². The van der Waals surface area contributed by atoms with Crippen molar-refractivity contribution in [3.05, 3.63) is 124 Å². The molecule has 0 heterocycles. The van der Waals surface area contributed by atoms with Gasteiger partial charge >= 0.3 is 0 Å². The van der Waals surface area contributed by atoms with E-state index in [9.17, 15) is 27.1 Å². The SMILES string of the molecule is CCCCCCCCS(=O)(=O)Nc1cc(N(CC(CC)CCCC)c2ccc(CCCC)cc2)ccc1C1=C(O)/C(=C2\C=CC(N(CC(CC)CCCC)c3ccc(CCCC)cc3)=C\C2=N/S(=O)O)C1=O. The summed E-state index contributed by atoms with van der Waals surface area (Å²) in [5.74, 6) is -0.155. The van der Waals surface area contributed by atoms with E-state index in [1.807, 2.05) is 12.1 Å². The fourth-order valence-electron chi connectivity index (χ4n) is 9.77. The van der Waals surface area contributed by atoms with Crippen molar-refractivity contribution in [1.29, 1.82) is 0 Å². The number of rotatable bonds is 33. The number of hydrogen-bond acceptors (Lipinski definition) is 7. The van der Waals surface area contributed by atoms with Gasteiger partial charge in [0.25, 0.3) is 11.3 Å². The molecule has 5 rings (SSSR count). The van der Waals surface area contributed by atoms with Gasteiger partial charge in [0.05, 0.1) is 28.3 Å². The molecule has 3 unspecified atom stereocenters. The van der Waals surface area contributed by atoms with Crippen LogP contribution in [0.2, 0.25) is 0 Å². The number of anilines is 4. The van der Waals surface area contributed by atoms with E-state index in [0.29, 0.717) is 31.3 Å². The van der Waals surface area contributed by atoms with Crippen LogP contribution in [0.4, 0.5) is 22.7 Å². The van der Waals surface area contributed by atoms with Crippen LogP contribution in [-0.4, -0.2) is 52.6 Å². The number of carbonyl (C=O) groups is 1. The molecule has 0 saturated heterocycles. The first-order valence-electron chi connectivity index (χ1n) is 27.5. The molecule has 0 aromatic heterocycles. The van der Waals surface area contributed by atoms with Gasteiger partial charge in [-0.15, -0.1) is 0 Å². The fourth-order valence-corrected chi connectivity index (χ4v) is 11.3. The zero-order valence-corrected chi connectivity index (χ0v) is 46.3. The monoisotopic (exact) mass is 1020 g/mol. The Morgan fingerprint density at radius 2 is 1.14 bits per heavy atom. The lowest BCUT2D eigenvalue weighted by Gasteiger charge is -2.33. The number of carbonyl (C=O) groups excluding carboxylic acids is 1. The molecule has 10 nitrogen and oxygen atoms in total. The summed E-state index contributed by atoms with van der Waals surface area (Å²) < 4.78 is 57.7. The first-order chi connectivity index (χ1) is 34.8. The molecule has 0 amide bonds. The summed E-state index contributed by atoms with van der Waals surface area (Å²) in [6, 6.07) is 22.7.